The van der Waals surface area contributed by atoms with E-state index in [9.17, 15) is 23.9 Å². The van der Waals surface area contributed by atoms with Crippen LogP contribution in [0.15, 0.2) is 36.0 Å². The van der Waals surface area contributed by atoms with Gasteiger partial charge in [0.15, 0.2) is 11.6 Å². The van der Waals surface area contributed by atoms with Crippen LogP contribution in [-0.2, 0) is 21.5 Å². The van der Waals surface area contributed by atoms with Crippen LogP contribution >= 0.6 is 12.0 Å². The van der Waals surface area contributed by atoms with Crippen molar-refractivity contribution in [1.82, 2.24) is 24.9 Å². The van der Waals surface area contributed by atoms with Crippen molar-refractivity contribution in [3.63, 3.8) is 0 Å². The molecule has 0 atom stereocenters. The second kappa shape index (κ2) is 10.6. The number of fused-ring (bicyclic) bond motifs is 1. The minimum absolute atomic E-state index is 0.139. The summed E-state index contributed by atoms with van der Waals surface area (Å²) in [5.74, 6) is 1.19. The molecule has 0 spiro atoms. The molecule has 0 amide bonds. The molecule has 1 saturated heterocycles. The van der Waals surface area contributed by atoms with Crippen LogP contribution in [0.25, 0.3) is 28.1 Å². The molecule has 0 aliphatic carbocycles. The van der Waals surface area contributed by atoms with Gasteiger partial charge in [0.05, 0.1) is 17.7 Å². The van der Waals surface area contributed by atoms with Crippen molar-refractivity contribution in [2.45, 2.75) is 31.4 Å². The SMILES string of the molecule is CNc1ncc(-c2ccc3c(CCN(C4CCS(=O)CC4)C(O)(O)O)cn(C4=CSON4)c3n2)cc1F. The molecule has 3 aromatic heterocycles. The summed E-state index contributed by atoms with van der Waals surface area (Å²) in [5, 5.41) is 35.4. The summed E-state index contributed by atoms with van der Waals surface area (Å²) in [5.41, 5.74) is 5.28. The average Bonchev–Trinajstić information content (AvgIpc) is 3.52. The van der Waals surface area contributed by atoms with Crippen LogP contribution in [0, 0.1) is 5.82 Å². The zero-order valence-corrected chi connectivity index (χ0v) is 21.6. The van der Waals surface area contributed by atoms with Crippen molar-refractivity contribution >= 4 is 45.5 Å². The van der Waals surface area contributed by atoms with E-state index in [4.69, 9.17) is 9.27 Å². The fourth-order valence-corrected chi connectivity index (χ4v) is 6.36. The molecule has 14 heteroatoms. The number of aliphatic hydroxyl groups is 3. The van der Waals surface area contributed by atoms with E-state index < -0.39 is 22.7 Å². The van der Waals surface area contributed by atoms with Gasteiger partial charge in [-0.05, 0) is 43.0 Å². The molecule has 5 heterocycles. The summed E-state index contributed by atoms with van der Waals surface area (Å²) in [4.78, 5) is 10.1. The van der Waals surface area contributed by atoms with Crippen molar-refractivity contribution < 1.29 is 28.2 Å². The summed E-state index contributed by atoms with van der Waals surface area (Å²) in [6, 6.07) is 4.69. The van der Waals surface area contributed by atoms with Crippen molar-refractivity contribution in [2.24, 2.45) is 0 Å². The fraction of sp³-hybridized carbons (Fsp3) is 0.391. The van der Waals surface area contributed by atoms with E-state index in [0.717, 1.165) is 23.0 Å². The van der Waals surface area contributed by atoms with Crippen LogP contribution in [0.2, 0.25) is 0 Å². The van der Waals surface area contributed by atoms with Gasteiger partial charge in [-0.15, -0.1) is 0 Å². The molecule has 0 bridgehead atoms. The number of nitrogens with zero attached hydrogens (tertiary/aromatic N) is 4. The van der Waals surface area contributed by atoms with Gasteiger partial charge in [0.2, 0.25) is 0 Å². The maximum atomic E-state index is 14.3. The van der Waals surface area contributed by atoms with Crippen LogP contribution in [-0.4, -0.2) is 76.2 Å². The normalized spacial score (nSPS) is 20.3. The summed E-state index contributed by atoms with van der Waals surface area (Å²) in [6.45, 7) is 0.139. The number of halogens is 1. The van der Waals surface area contributed by atoms with Crippen molar-refractivity contribution in [3.8, 4) is 11.3 Å². The lowest BCUT2D eigenvalue weighted by Gasteiger charge is -2.38. The molecule has 0 radical (unpaired) electrons. The second-order valence-corrected chi connectivity index (χ2v) is 11.1. The lowest BCUT2D eigenvalue weighted by molar-refractivity contribution is -0.401. The molecule has 3 aromatic rings. The van der Waals surface area contributed by atoms with Gasteiger partial charge in [-0.3, -0.25) is 8.78 Å². The van der Waals surface area contributed by atoms with Gasteiger partial charge in [0, 0.05) is 70.7 Å². The largest absolute Gasteiger partial charge is 0.371 e. The van der Waals surface area contributed by atoms with Gasteiger partial charge in [-0.25, -0.2) is 24.7 Å². The number of hydroxylamine groups is 1. The van der Waals surface area contributed by atoms with Gasteiger partial charge in [-0.1, -0.05) is 0 Å². The molecule has 5 N–H and O–H groups in total. The smallest absolute Gasteiger partial charge is 0.346 e. The highest BCUT2D eigenvalue weighted by Gasteiger charge is 2.37. The highest BCUT2D eigenvalue weighted by Crippen LogP contribution is 2.31. The summed E-state index contributed by atoms with van der Waals surface area (Å²) in [7, 11) is 0.670. The Morgan fingerprint density at radius 1 is 1.35 bits per heavy atom. The first-order valence-corrected chi connectivity index (χ1v) is 14.0. The summed E-state index contributed by atoms with van der Waals surface area (Å²) < 4.78 is 33.1. The third-order valence-electron chi connectivity index (χ3n) is 6.53. The monoisotopic (exact) mass is 550 g/mol. The molecule has 11 nitrogen and oxygen atoms in total. The van der Waals surface area contributed by atoms with E-state index in [2.05, 4.69) is 15.8 Å². The number of pyridine rings is 2. The number of nitrogens with one attached hydrogen (secondary N) is 2. The van der Waals surface area contributed by atoms with Gasteiger partial charge in [0.25, 0.3) is 0 Å². The van der Waals surface area contributed by atoms with Gasteiger partial charge < -0.3 is 20.6 Å². The van der Waals surface area contributed by atoms with E-state index in [1.165, 1.54) is 11.0 Å². The molecular formula is C23H27FN6O5S2. The van der Waals surface area contributed by atoms with Crippen molar-refractivity contribution in [2.75, 3.05) is 30.4 Å². The maximum absolute atomic E-state index is 14.3. The Labute approximate surface area is 219 Å². The van der Waals surface area contributed by atoms with Crippen LogP contribution < -0.4 is 10.8 Å². The van der Waals surface area contributed by atoms with Crippen molar-refractivity contribution in [1.29, 1.82) is 0 Å². The number of rotatable bonds is 8. The van der Waals surface area contributed by atoms with Gasteiger partial charge in [0.1, 0.15) is 11.5 Å². The maximum Gasteiger partial charge on any atom is 0.346 e. The highest BCUT2D eigenvalue weighted by atomic mass is 32.2. The van der Waals surface area contributed by atoms with Gasteiger partial charge >= 0.3 is 6.10 Å². The topological polar surface area (TPSA) is 145 Å². The molecule has 5 rings (SSSR count). The fourth-order valence-electron chi connectivity index (χ4n) is 4.65. The number of hydrogen-bond acceptors (Lipinski definition) is 11. The standard InChI is InChI=1S/C23H27FN6O5S2/c1-25-21-18(24)10-15(11-26-21)19-3-2-17-14(12-29(22(17)27-19)20-13-36-35-28-20)4-7-30(23(31,32)33)16-5-8-37(34)9-6-16/h2-3,10-13,16,28,31-33H,4-9H2,1H3,(H,25,26). The molecule has 0 saturated carbocycles. The van der Waals surface area contributed by atoms with Crippen molar-refractivity contribution in [3.05, 3.63) is 47.4 Å². The molecule has 2 aliphatic heterocycles. The minimum Gasteiger partial charge on any atom is -0.371 e. The molecule has 198 valence electrons. The zero-order valence-electron chi connectivity index (χ0n) is 19.9. The Morgan fingerprint density at radius 2 is 2.14 bits per heavy atom. The molecule has 1 fully saturated rings. The Hall–Kier alpha value is -2.59. The molecule has 2 aliphatic rings. The first-order chi connectivity index (χ1) is 17.7. The minimum atomic E-state index is -3.00. The predicted molar refractivity (Wildman–Crippen MR) is 139 cm³/mol. The zero-order chi connectivity index (χ0) is 26.2. The van der Waals surface area contributed by atoms with E-state index in [0.29, 0.717) is 53.5 Å². The summed E-state index contributed by atoms with van der Waals surface area (Å²) >= 11 is 1.12. The third kappa shape index (κ3) is 5.50. The first kappa shape index (κ1) is 26.0. The van der Waals surface area contributed by atoms with E-state index in [1.54, 1.807) is 29.3 Å². The Kier molecular flexibility index (Phi) is 7.49. The highest BCUT2D eigenvalue weighted by molar-refractivity contribution is 7.97. The molecule has 0 aromatic carbocycles. The van der Waals surface area contributed by atoms with Gasteiger partial charge in [-0.2, -0.15) is 4.28 Å². The van der Waals surface area contributed by atoms with E-state index in [1.807, 2.05) is 12.3 Å². The molecule has 37 heavy (non-hydrogen) atoms. The van der Waals surface area contributed by atoms with E-state index in [-0.39, 0.29) is 18.4 Å². The van der Waals surface area contributed by atoms with Crippen LogP contribution in [0.3, 0.4) is 0 Å². The lowest BCUT2D eigenvalue weighted by atomic mass is 10.1. The number of hydrogen-bond donors (Lipinski definition) is 5. The van der Waals surface area contributed by atoms with Crippen LogP contribution in [0.1, 0.15) is 18.4 Å². The van der Waals surface area contributed by atoms with Crippen LogP contribution in [0.5, 0.6) is 0 Å². The van der Waals surface area contributed by atoms with E-state index >= 15 is 0 Å². The Bertz CT molecular complexity index is 1350. The Morgan fingerprint density at radius 3 is 2.78 bits per heavy atom. The predicted octanol–water partition coefficient (Wildman–Crippen LogP) is 1.56. The summed E-state index contributed by atoms with van der Waals surface area (Å²) in [6.07, 6.45) is 1.75. The lowest BCUT2D eigenvalue weighted by Crippen LogP contribution is -2.56. The number of aromatic nitrogens is 3. The average molecular weight is 551 g/mol. The molecule has 0 unspecified atom stereocenters. The van der Waals surface area contributed by atoms with Crippen LogP contribution in [0.4, 0.5) is 10.2 Å². The number of anilines is 1. The quantitative estimate of drug-likeness (QED) is 0.206. The first-order valence-electron chi connectivity index (χ1n) is 11.7. The Balaban J connectivity index is 1.48. The third-order valence-corrected chi connectivity index (χ3v) is 8.41. The molecular weight excluding hydrogens is 523 g/mol. The second-order valence-electron chi connectivity index (χ2n) is 8.80.